The summed E-state index contributed by atoms with van der Waals surface area (Å²) in [5.41, 5.74) is 7.18. The van der Waals surface area contributed by atoms with Crippen molar-refractivity contribution in [3.8, 4) is 0 Å². The van der Waals surface area contributed by atoms with Crippen molar-refractivity contribution in [1.82, 2.24) is 19.7 Å². The summed E-state index contributed by atoms with van der Waals surface area (Å²) in [6.45, 7) is 3.03. The van der Waals surface area contributed by atoms with Gasteiger partial charge in [0.15, 0.2) is 5.16 Å². The monoisotopic (exact) mass is 303 g/mol. The number of aryl methyl sites for hydroxylation is 1. The van der Waals surface area contributed by atoms with Crippen molar-refractivity contribution in [1.29, 1.82) is 0 Å². The molecule has 0 amide bonds. The minimum atomic E-state index is 0.00336. The van der Waals surface area contributed by atoms with E-state index in [0.717, 1.165) is 29.6 Å². The molecule has 0 saturated heterocycles. The summed E-state index contributed by atoms with van der Waals surface area (Å²) in [6.07, 6.45) is 6.52. The summed E-state index contributed by atoms with van der Waals surface area (Å²) in [7, 11) is 0. The number of pyridine rings is 1. The predicted molar refractivity (Wildman–Crippen MR) is 84.1 cm³/mol. The van der Waals surface area contributed by atoms with Crippen molar-refractivity contribution in [3.05, 3.63) is 35.9 Å². The average molecular weight is 303 g/mol. The fourth-order valence-corrected chi connectivity index (χ4v) is 3.75. The molecule has 2 aromatic rings. The normalized spacial score (nSPS) is 17.8. The van der Waals surface area contributed by atoms with E-state index in [1.807, 2.05) is 31.3 Å². The summed E-state index contributed by atoms with van der Waals surface area (Å²) in [5, 5.41) is 9.81. The van der Waals surface area contributed by atoms with Crippen molar-refractivity contribution in [2.45, 2.75) is 55.6 Å². The molecule has 0 saturated carbocycles. The maximum absolute atomic E-state index is 6.17. The molecule has 2 aromatic heterocycles. The lowest BCUT2D eigenvalue weighted by Crippen LogP contribution is -2.23. The van der Waals surface area contributed by atoms with Gasteiger partial charge < -0.3 is 10.3 Å². The van der Waals surface area contributed by atoms with Crippen LogP contribution in [-0.2, 0) is 13.0 Å². The van der Waals surface area contributed by atoms with Gasteiger partial charge in [-0.2, -0.15) is 0 Å². The molecule has 3 rings (SSSR count). The van der Waals surface area contributed by atoms with Crippen LogP contribution < -0.4 is 5.73 Å². The van der Waals surface area contributed by atoms with Gasteiger partial charge in [0, 0.05) is 25.2 Å². The zero-order valence-corrected chi connectivity index (χ0v) is 13.1. The fraction of sp³-hybridized carbons (Fsp3) is 0.533. The van der Waals surface area contributed by atoms with Crippen LogP contribution >= 0.6 is 11.8 Å². The summed E-state index contributed by atoms with van der Waals surface area (Å²) in [5.74, 6) is 1.11. The van der Waals surface area contributed by atoms with Crippen molar-refractivity contribution < 1.29 is 0 Å². The highest BCUT2D eigenvalue weighted by Crippen LogP contribution is 2.36. The van der Waals surface area contributed by atoms with Crippen LogP contribution in [0.3, 0.4) is 0 Å². The summed E-state index contributed by atoms with van der Waals surface area (Å²) in [4.78, 5) is 4.45. The van der Waals surface area contributed by atoms with E-state index in [9.17, 15) is 0 Å². The van der Waals surface area contributed by atoms with E-state index < -0.39 is 0 Å². The van der Waals surface area contributed by atoms with Crippen molar-refractivity contribution in [2.75, 3.05) is 0 Å². The molecule has 2 N–H and O–H groups in total. The second-order valence-corrected chi connectivity index (χ2v) is 6.62. The minimum Gasteiger partial charge on any atom is -0.327 e. The number of rotatable bonds is 4. The number of nitrogens with two attached hydrogens (primary N) is 1. The maximum atomic E-state index is 6.17. The Balaban J connectivity index is 1.85. The summed E-state index contributed by atoms with van der Waals surface area (Å²) in [6, 6.07) is 5.96. The highest BCUT2D eigenvalue weighted by atomic mass is 32.2. The Morgan fingerprint density at radius 1 is 1.24 bits per heavy atom. The molecule has 2 atom stereocenters. The molecule has 3 heterocycles. The first kappa shape index (κ1) is 14.5. The van der Waals surface area contributed by atoms with Gasteiger partial charge in [-0.15, -0.1) is 10.2 Å². The fourth-order valence-electron chi connectivity index (χ4n) is 2.64. The van der Waals surface area contributed by atoms with Gasteiger partial charge in [0.05, 0.1) is 10.9 Å². The smallest absolute Gasteiger partial charge is 0.191 e. The highest BCUT2D eigenvalue weighted by Gasteiger charge is 2.23. The Hall–Kier alpha value is -1.40. The van der Waals surface area contributed by atoms with Gasteiger partial charge in [-0.1, -0.05) is 24.2 Å². The number of hydrogen-bond donors (Lipinski definition) is 1. The SMILES string of the molecule is CC(N)C(Sc1nnc2n1CCCCC2)c1ccccn1. The molecular weight excluding hydrogens is 282 g/mol. The second-order valence-electron chi connectivity index (χ2n) is 5.51. The van der Waals surface area contributed by atoms with E-state index in [0.29, 0.717) is 0 Å². The van der Waals surface area contributed by atoms with Crippen LogP contribution in [-0.4, -0.2) is 25.8 Å². The molecule has 112 valence electrons. The Morgan fingerprint density at radius 3 is 2.90 bits per heavy atom. The topological polar surface area (TPSA) is 69.6 Å². The largest absolute Gasteiger partial charge is 0.327 e. The van der Waals surface area contributed by atoms with Crippen LogP contribution in [0, 0.1) is 0 Å². The average Bonchev–Trinajstić information content (AvgIpc) is 2.72. The number of aromatic nitrogens is 4. The molecule has 0 aromatic carbocycles. The quantitative estimate of drug-likeness (QED) is 0.879. The van der Waals surface area contributed by atoms with Gasteiger partial charge in [0.1, 0.15) is 5.82 Å². The lowest BCUT2D eigenvalue weighted by atomic mass is 10.2. The van der Waals surface area contributed by atoms with E-state index in [4.69, 9.17) is 5.73 Å². The molecule has 0 bridgehead atoms. The van der Waals surface area contributed by atoms with Crippen LogP contribution in [0.15, 0.2) is 29.6 Å². The van der Waals surface area contributed by atoms with E-state index >= 15 is 0 Å². The third-order valence-corrected chi connectivity index (χ3v) is 5.20. The molecule has 2 unspecified atom stereocenters. The zero-order chi connectivity index (χ0) is 14.7. The Bertz CT molecular complexity index is 581. The first-order valence-electron chi connectivity index (χ1n) is 7.51. The van der Waals surface area contributed by atoms with Gasteiger partial charge in [0.25, 0.3) is 0 Å². The number of fused-ring (bicyclic) bond motifs is 1. The van der Waals surface area contributed by atoms with Crippen molar-refractivity contribution in [2.24, 2.45) is 5.73 Å². The Labute approximate surface area is 129 Å². The van der Waals surface area contributed by atoms with Crippen LogP contribution in [0.5, 0.6) is 0 Å². The van der Waals surface area contributed by atoms with Gasteiger partial charge in [-0.3, -0.25) is 4.98 Å². The Kier molecular flexibility index (Phi) is 4.55. The molecule has 0 fully saturated rings. The van der Waals surface area contributed by atoms with E-state index in [1.165, 1.54) is 19.3 Å². The molecule has 0 radical (unpaired) electrons. The molecule has 5 nitrogen and oxygen atoms in total. The lowest BCUT2D eigenvalue weighted by molar-refractivity contribution is 0.588. The predicted octanol–water partition coefficient (Wildman–Crippen LogP) is 2.58. The maximum Gasteiger partial charge on any atom is 0.191 e. The number of nitrogens with zero attached hydrogens (tertiary/aromatic N) is 4. The van der Waals surface area contributed by atoms with Gasteiger partial charge in [0.2, 0.25) is 0 Å². The number of thioether (sulfide) groups is 1. The second kappa shape index (κ2) is 6.58. The van der Waals surface area contributed by atoms with Crippen LogP contribution in [0.4, 0.5) is 0 Å². The van der Waals surface area contributed by atoms with Crippen molar-refractivity contribution in [3.63, 3.8) is 0 Å². The molecule has 0 spiro atoms. The zero-order valence-electron chi connectivity index (χ0n) is 12.3. The molecular formula is C15H21N5S. The Morgan fingerprint density at radius 2 is 2.14 bits per heavy atom. The third kappa shape index (κ3) is 3.27. The summed E-state index contributed by atoms with van der Waals surface area (Å²) < 4.78 is 2.26. The van der Waals surface area contributed by atoms with E-state index in [1.54, 1.807) is 11.8 Å². The third-order valence-electron chi connectivity index (χ3n) is 3.76. The highest BCUT2D eigenvalue weighted by molar-refractivity contribution is 7.99. The molecule has 0 aliphatic carbocycles. The molecule has 6 heteroatoms. The van der Waals surface area contributed by atoms with Crippen LogP contribution in [0.2, 0.25) is 0 Å². The van der Waals surface area contributed by atoms with Crippen LogP contribution in [0.1, 0.15) is 43.0 Å². The first-order valence-corrected chi connectivity index (χ1v) is 8.39. The molecule has 1 aliphatic heterocycles. The van der Waals surface area contributed by atoms with E-state index in [2.05, 4.69) is 19.7 Å². The standard InChI is InChI=1S/C15H21N5S/c1-11(16)14(12-7-4-5-9-17-12)21-15-19-18-13-8-3-2-6-10-20(13)15/h4-5,7,9,11,14H,2-3,6,8,10,16H2,1H3. The van der Waals surface area contributed by atoms with Crippen LogP contribution in [0.25, 0.3) is 0 Å². The number of hydrogen-bond acceptors (Lipinski definition) is 5. The summed E-state index contributed by atoms with van der Waals surface area (Å²) >= 11 is 1.68. The first-order chi connectivity index (χ1) is 10.3. The lowest BCUT2D eigenvalue weighted by Gasteiger charge is -2.19. The van der Waals surface area contributed by atoms with E-state index in [-0.39, 0.29) is 11.3 Å². The van der Waals surface area contributed by atoms with Gasteiger partial charge >= 0.3 is 0 Å². The molecule has 21 heavy (non-hydrogen) atoms. The van der Waals surface area contributed by atoms with Gasteiger partial charge in [-0.05, 0) is 31.9 Å². The molecule has 1 aliphatic rings. The minimum absolute atomic E-state index is 0.00336. The van der Waals surface area contributed by atoms with Crippen molar-refractivity contribution >= 4 is 11.8 Å². The van der Waals surface area contributed by atoms with Gasteiger partial charge in [-0.25, -0.2) is 0 Å².